The number of ether oxygens (including phenoxy) is 1. The molecule has 0 aliphatic heterocycles. The largest absolute Gasteiger partial charge is 0.481 e. The summed E-state index contributed by atoms with van der Waals surface area (Å²) >= 11 is 0. The number of aromatic nitrogens is 1. The van der Waals surface area contributed by atoms with Crippen LogP contribution in [-0.2, 0) is 17.8 Å². The summed E-state index contributed by atoms with van der Waals surface area (Å²) in [5, 5.41) is 10.2. The average Bonchev–Trinajstić information content (AvgIpc) is 3.06. The first-order valence-corrected chi connectivity index (χ1v) is 9.51. The van der Waals surface area contributed by atoms with Gasteiger partial charge in [-0.05, 0) is 53.3 Å². The molecule has 0 saturated carbocycles. The van der Waals surface area contributed by atoms with Gasteiger partial charge < -0.3 is 14.4 Å². The van der Waals surface area contributed by atoms with Crippen LogP contribution in [0.15, 0.2) is 78.7 Å². The Labute approximate surface area is 164 Å². The first kappa shape index (κ1) is 18.1. The van der Waals surface area contributed by atoms with Crippen LogP contribution in [0, 0.1) is 5.92 Å². The molecular formula is C24H23NO3. The molecule has 142 valence electrons. The molecule has 1 heterocycles. The fraction of sp³-hybridized carbons (Fsp3) is 0.208. The monoisotopic (exact) mass is 373 g/mol. The van der Waals surface area contributed by atoms with Crippen molar-refractivity contribution in [1.82, 2.24) is 4.57 Å². The lowest BCUT2D eigenvalue weighted by atomic mass is 10.0. The number of nitrogens with zero attached hydrogens (tertiary/aromatic N) is 1. The summed E-state index contributed by atoms with van der Waals surface area (Å²) in [7, 11) is 0. The molecule has 28 heavy (non-hydrogen) atoms. The van der Waals surface area contributed by atoms with Crippen LogP contribution >= 0.6 is 0 Å². The molecule has 1 unspecified atom stereocenters. The molecule has 1 aliphatic rings. The van der Waals surface area contributed by atoms with Gasteiger partial charge in [-0.3, -0.25) is 4.79 Å². The van der Waals surface area contributed by atoms with Crippen LogP contribution in [0.1, 0.15) is 24.5 Å². The molecule has 4 heteroatoms. The minimum atomic E-state index is -0.816. The number of aliphatic carboxylic acids is 1. The Hall–Kier alpha value is -3.27. The van der Waals surface area contributed by atoms with Gasteiger partial charge in [-0.15, -0.1) is 0 Å². The second-order valence-corrected chi connectivity index (χ2v) is 7.29. The van der Waals surface area contributed by atoms with Gasteiger partial charge in [0.2, 0.25) is 0 Å². The standard InChI is InChI=1S/C24H23NO3/c1-17-5-2-3-8-23(17)28-21-7-4-6-19(13-21)16-25-12-11-20-10-9-18(14-22(20)25)15-24(26)27/h2-4,6-14,17H,5,15-16H2,1H3,(H,26,27). The zero-order valence-electron chi connectivity index (χ0n) is 15.8. The van der Waals surface area contributed by atoms with Crippen LogP contribution < -0.4 is 4.74 Å². The maximum Gasteiger partial charge on any atom is 0.307 e. The summed E-state index contributed by atoms with van der Waals surface area (Å²) in [4.78, 5) is 11.0. The van der Waals surface area contributed by atoms with E-state index in [2.05, 4.69) is 35.8 Å². The summed E-state index contributed by atoms with van der Waals surface area (Å²) < 4.78 is 8.26. The quantitative estimate of drug-likeness (QED) is 0.648. The smallest absolute Gasteiger partial charge is 0.307 e. The maximum absolute atomic E-state index is 11.0. The van der Waals surface area contributed by atoms with Crippen molar-refractivity contribution in [3.8, 4) is 5.75 Å². The van der Waals surface area contributed by atoms with Gasteiger partial charge in [0.25, 0.3) is 0 Å². The van der Waals surface area contributed by atoms with E-state index in [0.29, 0.717) is 12.5 Å². The lowest BCUT2D eigenvalue weighted by Gasteiger charge is -2.18. The highest BCUT2D eigenvalue weighted by molar-refractivity contribution is 5.82. The minimum Gasteiger partial charge on any atom is -0.481 e. The van der Waals surface area contributed by atoms with Gasteiger partial charge in [0, 0.05) is 24.2 Å². The number of rotatable bonds is 6. The zero-order valence-corrected chi connectivity index (χ0v) is 15.8. The van der Waals surface area contributed by atoms with E-state index in [1.807, 2.05) is 48.7 Å². The average molecular weight is 373 g/mol. The van der Waals surface area contributed by atoms with Crippen LogP contribution in [0.25, 0.3) is 10.9 Å². The van der Waals surface area contributed by atoms with E-state index < -0.39 is 5.97 Å². The summed E-state index contributed by atoms with van der Waals surface area (Å²) in [5.74, 6) is 1.40. The molecular weight excluding hydrogens is 350 g/mol. The number of carbonyl (C=O) groups is 1. The highest BCUT2D eigenvalue weighted by Crippen LogP contribution is 2.26. The molecule has 4 rings (SSSR count). The molecule has 2 aromatic carbocycles. The minimum absolute atomic E-state index is 0.0339. The van der Waals surface area contributed by atoms with Gasteiger partial charge >= 0.3 is 5.97 Å². The molecule has 1 aromatic heterocycles. The number of fused-ring (bicyclic) bond motifs is 1. The normalized spacial score (nSPS) is 16.2. The van der Waals surface area contributed by atoms with Crippen molar-refractivity contribution >= 4 is 16.9 Å². The number of hydrogen-bond acceptors (Lipinski definition) is 2. The lowest BCUT2D eigenvalue weighted by molar-refractivity contribution is -0.136. The Balaban J connectivity index is 1.56. The van der Waals surface area contributed by atoms with Crippen molar-refractivity contribution < 1.29 is 14.6 Å². The molecule has 0 radical (unpaired) electrons. The molecule has 1 N–H and O–H groups in total. The Morgan fingerprint density at radius 1 is 1.18 bits per heavy atom. The van der Waals surface area contributed by atoms with Crippen molar-refractivity contribution in [3.63, 3.8) is 0 Å². The summed E-state index contributed by atoms with van der Waals surface area (Å²) in [5.41, 5.74) is 2.99. The topological polar surface area (TPSA) is 51.5 Å². The van der Waals surface area contributed by atoms with E-state index in [9.17, 15) is 4.79 Å². The molecule has 3 aromatic rings. The van der Waals surface area contributed by atoms with E-state index in [1.165, 1.54) is 0 Å². The van der Waals surface area contributed by atoms with Crippen LogP contribution in [0.5, 0.6) is 5.75 Å². The third kappa shape index (κ3) is 4.01. The Morgan fingerprint density at radius 2 is 2.07 bits per heavy atom. The van der Waals surface area contributed by atoms with Gasteiger partial charge in [0.15, 0.2) is 0 Å². The molecule has 0 amide bonds. The lowest BCUT2D eigenvalue weighted by Crippen LogP contribution is -2.08. The van der Waals surface area contributed by atoms with Crippen LogP contribution in [0.3, 0.4) is 0 Å². The van der Waals surface area contributed by atoms with E-state index in [0.717, 1.165) is 40.0 Å². The molecule has 0 bridgehead atoms. The number of carboxylic acids is 1. The molecule has 0 fully saturated rings. The molecule has 1 atom stereocenters. The van der Waals surface area contributed by atoms with E-state index in [4.69, 9.17) is 9.84 Å². The van der Waals surface area contributed by atoms with Gasteiger partial charge in [0.05, 0.1) is 6.42 Å². The number of hydrogen-bond donors (Lipinski definition) is 1. The van der Waals surface area contributed by atoms with Gasteiger partial charge in [-0.1, -0.05) is 43.3 Å². The predicted octanol–water partition coefficient (Wildman–Crippen LogP) is 5.18. The maximum atomic E-state index is 11.0. The highest BCUT2D eigenvalue weighted by Gasteiger charge is 2.12. The van der Waals surface area contributed by atoms with E-state index >= 15 is 0 Å². The van der Waals surface area contributed by atoms with Gasteiger partial charge in [-0.25, -0.2) is 0 Å². The first-order chi connectivity index (χ1) is 13.6. The number of allylic oxidation sites excluding steroid dienone is 4. The second kappa shape index (κ2) is 7.77. The molecule has 1 aliphatic carbocycles. The van der Waals surface area contributed by atoms with E-state index in [1.54, 1.807) is 0 Å². The van der Waals surface area contributed by atoms with Gasteiger partial charge in [0.1, 0.15) is 11.5 Å². The van der Waals surface area contributed by atoms with Crippen molar-refractivity contribution in [1.29, 1.82) is 0 Å². The van der Waals surface area contributed by atoms with Crippen molar-refractivity contribution in [3.05, 3.63) is 89.8 Å². The Kier molecular flexibility index (Phi) is 5.02. The van der Waals surface area contributed by atoms with Crippen molar-refractivity contribution in [2.24, 2.45) is 5.92 Å². The fourth-order valence-electron chi connectivity index (χ4n) is 3.55. The second-order valence-electron chi connectivity index (χ2n) is 7.29. The Morgan fingerprint density at radius 3 is 2.89 bits per heavy atom. The number of carboxylic acid groups (broad SMARTS) is 1. The SMILES string of the molecule is CC1CC=CC=C1Oc1cccc(Cn2ccc3ccc(CC(=O)O)cc32)c1. The predicted molar refractivity (Wildman–Crippen MR) is 110 cm³/mol. The van der Waals surface area contributed by atoms with Crippen LogP contribution in [-0.4, -0.2) is 15.6 Å². The van der Waals surface area contributed by atoms with Gasteiger partial charge in [-0.2, -0.15) is 0 Å². The summed E-state index contributed by atoms with van der Waals surface area (Å²) in [6.07, 6.45) is 9.30. The van der Waals surface area contributed by atoms with Crippen molar-refractivity contribution in [2.75, 3.05) is 0 Å². The first-order valence-electron chi connectivity index (χ1n) is 9.51. The van der Waals surface area contributed by atoms with Crippen molar-refractivity contribution in [2.45, 2.75) is 26.3 Å². The number of benzene rings is 2. The van der Waals surface area contributed by atoms with Crippen LogP contribution in [0.2, 0.25) is 0 Å². The molecule has 0 saturated heterocycles. The molecule has 4 nitrogen and oxygen atoms in total. The van der Waals surface area contributed by atoms with Crippen LogP contribution in [0.4, 0.5) is 0 Å². The molecule has 0 spiro atoms. The third-order valence-corrected chi connectivity index (χ3v) is 5.05. The third-order valence-electron chi connectivity index (χ3n) is 5.05. The highest BCUT2D eigenvalue weighted by atomic mass is 16.5. The zero-order chi connectivity index (χ0) is 19.5. The van der Waals surface area contributed by atoms with E-state index in [-0.39, 0.29) is 6.42 Å². The fourth-order valence-corrected chi connectivity index (χ4v) is 3.55. The summed E-state index contributed by atoms with van der Waals surface area (Å²) in [6, 6.07) is 16.0. The summed E-state index contributed by atoms with van der Waals surface area (Å²) in [6.45, 7) is 2.87. The Bertz CT molecular complexity index is 1070.